The van der Waals surface area contributed by atoms with Crippen molar-refractivity contribution in [1.82, 2.24) is 19.6 Å². The van der Waals surface area contributed by atoms with Crippen LogP contribution in [0.25, 0.3) is 5.65 Å². The molecule has 1 aliphatic rings. The van der Waals surface area contributed by atoms with E-state index in [4.69, 9.17) is 5.11 Å². The maximum absolute atomic E-state index is 12.7. The average molecular weight is 386 g/mol. The maximum atomic E-state index is 12.7. The van der Waals surface area contributed by atoms with E-state index in [1.54, 1.807) is 11.9 Å². The molecular weight excluding hydrogens is 360 g/mol. The molecule has 0 aromatic carbocycles. The standard InChI is InChI=1S/C20H26N4O4/c1-14-15(24-12-4-3-5-16(24)21-14)13-23(2)18(26)7-10-20(11-8-19(27)28)9-6-17(25)22-20/h3-5,12H,6-11,13H2,1-2H3,(H,22,25)(H,27,28)/t20-/m1/s1. The molecular formula is C20H26N4O4. The van der Waals surface area contributed by atoms with E-state index in [0.29, 0.717) is 32.2 Å². The Labute approximate surface area is 163 Å². The van der Waals surface area contributed by atoms with Crippen LogP contribution < -0.4 is 5.32 Å². The summed E-state index contributed by atoms with van der Waals surface area (Å²) in [5, 5.41) is 11.9. The second-order valence-electron chi connectivity index (χ2n) is 7.54. The van der Waals surface area contributed by atoms with Crippen molar-refractivity contribution in [3.8, 4) is 0 Å². The van der Waals surface area contributed by atoms with Gasteiger partial charge in [0.15, 0.2) is 0 Å². The molecule has 0 unspecified atom stereocenters. The first-order valence-corrected chi connectivity index (χ1v) is 9.49. The summed E-state index contributed by atoms with van der Waals surface area (Å²) in [4.78, 5) is 41.5. The van der Waals surface area contributed by atoms with E-state index in [2.05, 4.69) is 10.3 Å². The van der Waals surface area contributed by atoms with Gasteiger partial charge in [-0.1, -0.05) is 6.07 Å². The van der Waals surface area contributed by atoms with Crippen molar-refractivity contribution in [2.75, 3.05) is 7.05 Å². The molecule has 2 aromatic heterocycles. The van der Waals surface area contributed by atoms with Gasteiger partial charge >= 0.3 is 5.97 Å². The Bertz CT molecular complexity index is 907. The summed E-state index contributed by atoms with van der Waals surface area (Å²) in [6.45, 7) is 2.36. The molecule has 2 aromatic rings. The van der Waals surface area contributed by atoms with E-state index < -0.39 is 11.5 Å². The first kappa shape index (κ1) is 19.9. The second kappa shape index (κ2) is 8.00. The number of pyridine rings is 1. The third-order valence-corrected chi connectivity index (χ3v) is 5.51. The van der Waals surface area contributed by atoms with Crippen LogP contribution in [0.5, 0.6) is 0 Å². The number of fused-ring (bicyclic) bond motifs is 1. The highest BCUT2D eigenvalue weighted by atomic mass is 16.4. The molecule has 8 nitrogen and oxygen atoms in total. The van der Waals surface area contributed by atoms with Crippen molar-refractivity contribution >= 4 is 23.4 Å². The fraction of sp³-hybridized carbons (Fsp3) is 0.500. The first-order chi connectivity index (χ1) is 13.3. The summed E-state index contributed by atoms with van der Waals surface area (Å²) in [7, 11) is 1.75. The molecule has 0 radical (unpaired) electrons. The summed E-state index contributed by atoms with van der Waals surface area (Å²) >= 11 is 0. The lowest BCUT2D eigenvalue weighted by Gasteiger charge is -2.29. The molecule has 2 N–H and O–H groups in total. The zero-order valence-corrected chi connectivity index (χ0v) is 16.3. The van der Waals surface area contributed by atoms with Gasteiger partial charge < -0.3 is 19.7 Å². The lowest BCUT2D eigenvalue weighted by molar-refractivity contribution is -0.137. The number of aryl methyl sites for hydroxylation is 1. The van der Waals surface area contributed by atoms with Crippen LogP contribution in [-0.4, -0.2) is 49.8 Å². The minimum Gasteiger partial charge on any atom is -0.481 e. The Morgan fingerprint density at radius 2 is 2.07 bits per heavy atom. The van der Waals surface area contributed by atoms with Gasteiger partial charge in [0.25, 0.3) is 0 Å². The highest BCUT2D eigenvalue weighted by Crippen LogP contribution is 2.30. The third kappa shape index (κ3) is 4.32. The van der Waals surface area contributed by atoms with Crippen LogP contribution in [-0.2, 0) is 20.9 Å². The molecule has 8 heteroatoms. The Kier molecular flexibility index (Phi) is 5.67. The number of aromatic nitrogens is 2. The lowest BCUT2D eigenvalue weighted by Crippen LogP contribution is -2.43. The van der Waals surface area contributed by atoms with Gasteiger partial charge in [-0.2, -0.15) is 0 Å². The predicted octanol–water partition coefficient (Wildman–Crippen LogP) is 1.89. The number of carboxylic acids is 1. The van der Waals surface area contributed by atoms with Crippen molar-refractivity contribution in [1.29, 1.82) is 0 Å². The molecule has 1 atom stereocenters. The number of amides is 2. The van der Waals surface area contributed by atoms with Crippen LogP contribution in [0, 0.1) is 6.92 Å². The van der Waals surface area contributed by atoms with E-state index in [9.17, 15) is 14.4 Å². The quantitative estimate of drug-likeness (QED) is 0.721. The van der Waals surface area contributed by atoms with Crippen LogP contribution >= 0.6 is 0 Å². The number of rotatable bonds is 8. The van der Waals surface area contributed by atoms with Gasteiger partial charge in [0.1, 0.15) is 5.65 Å². The molecule has 3 heterocycles. The van der Waals surface area contributed by atoms with E-state index in [-0.39, 0.29) is 24.7 Å². The number of nitrogens with zero attached hydrogens (tertiary/aromatic N) is 3. The molecule has 0 aliphatic carbocycles. The maximum Gasteiger partial charge on any atom is 0.303 e. The van der Waals surface area contributed by atoms with Gasteiger partial charge in [0.2, 0.25) is 11.8 Å². The monoisotopic (exact) mass is 386 g/mol. The van der Waals surface area contributed by atoms with Gasteiger partial charge in [-0.15, -0.1) is 0 Å². The molecule has 1 aliphatic heterocycles. The van der Waals surface area contributed by atoms with Crippen molar-refractivity contribution in [3.05, 3.63) is 35.8 Å². The number of carbonyl (C=O) groups excluding carboxylic acids is 2. The van der Waals surface area contributed by atoms with Gasteiger partial charge in [-0.25, -0.2) is 4.98 Å². The fourth-order valence-corrected chi connectivity index (χ4v) is 3.82. The Morgan fingerprint density at radius 3 is 2.75 bits per heavy atom. The summed E-state index contributed by atoms with van der Waals surface area (Å²) < 4.78 is 1.98. The van der Waals surface area contributed by atoms with E-state index in [1.165, 1.54) is 0 Å². The van der Waals surface area contributed by atoms with Crippen molar-refractivity contribution in [2.24, 2.45) is 0 Å². The zero-order chi connectivity index (χ0) is 20.3. The smallest absolute Gasteiger partial charge is 0.303 e. The van der Waals surface area contributed by atoms with Crippen LogP contribution in [0.1, 0.15) is 49.9 Å². The van der Waals surface area contributed by atoms with Crippen molar-refractivity contribution < 1.29 is 19.5 Å². The minimum absolute atomic E-state index is 0.0225. The number of hydrogen-bond donors (Lipinski definition) is 2. The molecule has 0 saturated carbocycles. The molecule has 150 valence electrons. The number of imidazole rings is 1. The number of carbonyl (C=O) groups is 3. The summed E-state index contributed by atoms with van der Waals surface area (Å²) in [5.41, 5.74) is 2.09. The van der Waals surface area contributed by atoms with E-state index in [0.717, 1.165) is 17.0 Å². The number of aliphatic carboxylic acids is 1. The molecule has 2 amide bonds. The van der Waals surface area contributed by atoms with E-state index >= 15 is 0 Å². The highest BCUT2D eigenvalue weighted by molar-refractivity contribution is 5.80. The molecule has 1 saturated heterocycles. The first-order valence-electron chi connectivity index (χ1n) is 9.49. The molecule has 28 heavy (non-hydrogen) atoms. The normalized spacial score (nSPS) is 19.0. The van der Waals surface area contributed by atoms with Crippen LogP contribution in [0.15, 0.2) is 24.4 Å². The molecule has 0 bridgehead atoms. The number of hydrogen-bond acceptors (Lipinski definition) is 4. The zero-order valence-electron chi connectivity index (χ0n) is 16.3. The van der Waals surface area contributed by atoms with Crippen LogP contribution in [0.4, 0.5) is 0 Å². The fourth-order valence-electron chi connectivity index (χ4n) is 3.82. The number of carboxylic acid groups (broad SMARTS) is 1. The highest BCUT2D eigenvalue weighted by Gasteiger charge is 2.38. The van der Waals surface area contributed by atoms with Crippen LogP contribution in [0.3, 0.4) is 0 Å². The van der Waals surface area contributed by atoms with Crippen molar-refractivity contribution in [2.45, 2.75) is 57.5 Å². The van der Waals surface area contributed by atoms with E-state index in [1.807, 2.05) is 35.7 Å². The SMILES string of the molecule is Cc1nc2ccccn2c1CN(C)C(=O)CC[C@@]1(CCC(=O)O)CCC(=O)N1. The molecule has 0 spiro atoms. The Morgan fingerprint density at radius 1 is 1.32 bits per heavy atom. The molecule has 3 rings (SSSR count). The third-order valence-electron chi connectivity index (χ3n) is 5.51. The Balaban J connectivity index is 1.63. The molecule has 1 fully saturated rings. The Hall–Kier alpha value is -2.90. The van der Waals surface area contributed by atoms with Gasteiger partial charge in [0.05, 0.1) is 17.9 Å². The summed E-state index contributed by atoms with van der Waals surface area (Å²) in [6, 6.07) is 5.77. The summed E-state index contributed by atoms with van der Waals surface area (Å²) in [5.74, 6) is -1.01. The van der Waals surface area contributed by atoms with Gasteiger partial charge in [0, 0.05) is 38.0 Å². The summed E-state index contributed by atoms with van der Waals surface area (Å²) in [6.07, 6.45) is 3.90. The average Bonchev–Trinajstić information content (AvgIpc) is 3.18. The minimum atomic E-state index is -0.896. The topological polar surface area (TPSA) is 104 Å². The van der Waals surface area contributed by atoms with Crippen molar-refractivity contribution in [3.63, 3.8) is 0 Å². The van der Waals surface area contributed by atoms with Crippen LogP contribution in [0.2, 0.25) is 0 Å². The predicted molar refractivity (Wildman–Crippen MR) is 103 cm³/mol. The van der Waals surface area contributed by atoms with Gasteiger partial charge in [-0.05, 0) is 38.3 Å². The second-order valence-corrected chi connectivity index (χ2v) is 7.54. The largest absolute Gasteiger partial charge is 0.481 e. The number of nitrogens with one attached hydrogen (secondary N) is 1. The lowest BCUT2D eigenvalue weighted by atomic mass is 9.86. The van der Waals surface area contributed by atoms with Gasteiger partial charge in [-0.3, -0.25) is 14.4 Å².